The van der Waals surface area contributed by atoms with Crippen LogP contribution in [0.25, 0.3) is 5.57 Å². The topological polar surface area (TPSA) is 0 Å². The molecule has 0 amide bonds. The standard InChI is InChI=1S/C14H20/c1-4-6-9-12(3)14-11-8-7-10-13(14)5-2/h7-8,10-11H,3-6,9H2,1-2H3. The first kappa shape index (κ1) is 11.0. The molecule has 0 aromatic heterocycles. The predicted molar refractivity (Wildman–Crippen MR) is 64.4 cm³/mol. The van der Waals surface area contributed by atoms with Crippen molar-refractivity contribution in [2.45, 2.75) is 39.5 Å². The average molecular weight is 188 g/mol. The number of unbranched alkanes of at least 4 members (excludes halogenated alkanes) is 1. The van der Waals surface area contributed by atoms with Gasteiger partial charge in [0.25, 0.3) is 0 Å². The minimum Gasteiger partial charge on any atom is -0.0952 e. The summed E-state index contributed by atoms with van der Waals surface area (Å²) in [6, 6.07) is 8.60. The molecule has 0 N–H and O–H groups in total. The maximum atomic E-state index is 4.17. The maximum Gasteiger partial charge on any atom is -0.0198 e. The van der Waals surface area contributed by atoms with Crippen molar-refractivity contribution in [3.05, 3.63) is 42.0 Å². The number of hydrogen-bond acceptors (Lipinski definition) is 0. The molecule has 0 atom stereocenters. The van der Waals surface area contributed by atoms with Crippen molar-refractivity contribution in [2.24, 2.45) is 0 Å². The van der Waals surface area contributed by atoms with E-state index in [0.29, 0.717) is 0 Å². The molecule has 14 heavy (non-hydrogen) atoms. The van der Waals surface area contributed by atoms with Crippen molar-refractivity contribution in [3.8, 4) is 0 Å². The second-order valence-electron chi connectivity index (χ2n) is 3.72. The molecule has 0 aliphatic carbocycles. The van der Waals surface area contributed by atoms with Crippen LogP contribution in [0.4, 0.5) is 0 Å². The second-order valence-corrected chi connectivity index (χ2v) is 3.72. The molecule has 0 bridgehead atoms. The first-order chi connectivity index (χ1) is 6.79. The molecule has 1 aromatic carbocycles. The van der Waals surface area contributed by atoms with Crippen molar-refractivity contribution >= 4 is 5.57 Å². The zero-order valence-corrected chi connectivity index (χ0v) is 9.34. The van der Waals surface area contributed by atoms with Crippen LogP contribution in [0.3, 0.4) is 0 Å². The van der Waals surface area contributed by atoms with E-state index in [2.05, 4.69) is 44.7 Å². The van der Waals surface area contributed by atoms with Crippen LogP contribution in [0.5, 0.6) is 0 Å². The van der Waals surface area contributed by atoms with E-state index in [9.17, 15) is 0 Å². The Balaban J connectivity index is 2.78. The van der Waals surface area contributed by atoms with Crippen molar-refractivity contribution in [1.82, 2.24) is 0 Å². The molecule has 0 nitrogen and oxygen atoms in total. The lowest BCUT2D eigenvalue weighted by Gasteiger charge is -2.09. The fraction of sp³-hybridized carbons (Fsp3) is 0.429. The molecule has 0 saturated heterocycles. The molecule has 0 aliphatic rings. The zero-order chi connectivity index (χ0) is 10.4. The second kappa shape index (κ2) is 5.64. The highest BCUT2D eigenvalue weighted by Gasteiger charge is 2.02. The van der Waals surface area contributed by atoms with Gasteiger partial charge in [-0.15, -0.1) is 0 Å². The number of allylic oxidation sites excluding steroid dienone is 1. The van der Waals surface area contributed by atoms with E-state index >= 15 is 0 Å². The van der Waals surface area contributed by atoms with Gasteiger partial charge in [0.1, 0.15) is 0 Å². The molecular formula is C14H20. The average Bonchev–Trinajstić information content (AvgIpc) is 2.25. The van der Waals surface area contributed by atoms with E-state index in [4.69, 9.17) is 0 Å². The highest BCUT2D eigenvalue weighted by Crippen LogP contribution is 2.22. The summed E-state index contributed by atoms with van der Waals surface area (Å²) in [4.78, 5) is 0. The number of rotatable bonds is 5. The third kappa shape index (κ3) is 2.73. The van der Waals surface area contributed by atoms with E-state index in [1.165, 1.54) is 29.5 Å². The van der Waals surface area contributed by atoms with Crippen LogP contribution in [-0.2, 0) is 6.42 Å². The van der Waals surface area contributed by atoms with Gasteiger partial charge in [-0.2, -0.15) is 0 Å². The van der Waals surface area contributed by atoms with Crippen LogP contribution in [-0.4, -0.2) is 0 Å². The van der Waals surface area contributed by atoms with Crippen LogP contribution in [0, 0.1) is 0 Å². The number of aryl methyl sites for hydroxylation is 1. The highest BCUT2D eigenvalue weighted by atomic mass is 14.1. The Morgan fingerprint density at radius 2 is 1.93 bits per heavy atom. The van der Waals surface area contributed by atoms with Gasteiger partial charge < -0.3 is 0 Å². The number of hydrogen-bond donors (Lipinski definition) is 0. The number of benzene rings is 1. The van der Waals surface area contributed by atoms with E-state index in [1.54, 1.807) is 0 Å². The van der Waals surface area contributed by atoms with Crippen LogP contribution in [0.1, 0.15) is 44.2 Å². The van der Waals surface area contributed by atoms with E-state index in [-0.39, 0.29) is 0 Å². The normalized spacial score (nSPS) is 10.1. The van der Waals surface area contributed by atoms with Crippen LogP contribution >= 0.6 is 0 Å². The van der Waals surface area contributed by atoms with E-state index in [0.717, 1.165) is 12.8 Å². The molecule has 1 rings (SSSR count). The molecule has 0 spiro atoms. The lowest BCUT2D eigenvalue weighted by Crippen LogP contribution is -1.91. The zero-order valence-electron chi connectivity index (χ0n) is 9.34. The summed E-state index contributed by atoms with van der Waals surface area (Å²) in [5.41, 5.74) is 4.08. The lowest BCUT2D eigenvalue weighted by atomic mass is 9.96. The summed E-state index contributed by atoms with van der Waals surface area (Å²) in [6.45, 7) is 8.59. The molecule has 0 heteroatoms. The first-order valence-corrected chi connectivity index (χ1v) is 5.55. The Bertz CT molecular complexity index is 297. The van der Waals surface area contributed by atoms with Crippen molar-refractivity contribution < 1.29 is 0 Å². The smallest absolute Gasteiger partial charge is 0.0198 e. The van der Waals surface area contributed by atoms with Gasteiger partial charge in [0.05, 0.1) is 0 Å². The molecule has 0 unspecified atom stereocenters. The largest absolute Gasteiger partial charge is 0.0952 e. The molecule has 0 fully saturated rings. The molecule has 0 radical (unpaired) electrons. The van der Waals surface area contributed by atoms with Gasteiger partial charge in [0.2, 0.25) is 0 Å². The van der Waals surface area contributed by atoms with Crippen molar-refractivity contribution in [3.63, 3.8) is 0 Å². The quantitative estimate of drug-likeness (QED) is 0.640. The Hall–Kier alpha value is -1.04. The van der Waals surface area contributed by atoms with Crippen LogP contribution < -0.4 is 0 Å². The third-order valence-electron chi connectivity index (χ3n) is 2.61. The monoisotopic (exact) mass is 188 g/mol. The van der Waals surface area contributed by atoms with Gasteiger partial charge in [-0.1, -0.05) is 51.1 Å². The minimum atomic E-state index is 1.10. The van der Waals surface area contributed by atoms with Gasteiger partial charge in [-0.05, 0) is 36.0 Å². The fourth-order valence-corrected chi connectivity index (χ4v) is 1.70. The third-order valence-corrected chi connectivity index (χ3v) is 2.61. The lowest BCUT2D eigenvalue weighted by molar-refractivity contribution is 0.824. The summed E-state index contributed by atoms with van der Waals surface area (Å²) in [6.07, 6.45) is 4.72. The summed E-state index contributed by atoms with van der Waals surface area (Å²) >= 11 is 0. The van der Waals surface area contributed by atoms with Crippen molar-refractivity contribution in [2.75, 3.05) is 0 Å². The maximum absolute atomic E-state index is 4.17. The predicted octanol–water partition coefficient (Wildman–Crippen LogP) is 4.45. The van der Waals surface area contributed by atoms with E-state index in [1.807, 2.05) is 0 Å². The first-order valence-electron chi connectivity index (χ1n) is 5.55. The molecule has 1 aromatic rings. The Morgan fingerprint density at radius 3 is 2.57 bits per heavy atom. The van der Waals surface area contributed by atoms with E-state index < -0.39 is 0 Å². The SMILES string of the molecule is C=C(CCCC)c1ccccc1CC. The molecule has 0 saturated carbocycles. The molecular weight excluding hydrogens is 168 g/mol. The van der Waals surface area contributed by atoms with Gasteiger partial charge in [-0.25, -0.2) is 0 Å². The van der Waals surface area contributed by atoms with Crippen LogP contribution in [0.15, 0.2) is 30.8 Å². The molecule has 0 aliphatic heterocycles. The Labute approximate surface area is 87.7 Å². The Morgan fingerprint density at radius 1 is 1.21 bits per heavy atom. The van der Waals surface area contributed by atoms with Gasteiger partial charge in [0, 0.05) is 0 Å². The summed E-state index contributed by atoms with van der Waals surface area (Å²) in [7, 11) is 0. The van der Waals surface area contributed by atoms with Gasteiger partial charge in [-0.3, -0.25) is 0 Å². The fourth-order valence-electron chi connectivity index (χ4n) is 1.70. The molecule has 0 heterocycles. The summed E-state index contributed by atoms with van der Waals surface area (Å²) in [5.74, 6) is 0. The minimum absolute atomic E-state index is 1.10. The summed E-state index contributed by atoms with van der Waals surface area (Å²) in [5, 5.41) is 0. The van der Waals surface area contributed by atoms with Crippen LogP contribution in [0.2, 0.25) is 0 Å². The van der Waals surface area contributed by atoms with Crippen molar-refractivity contribution in [1.29, 1.82) is 0 Å². The highest BCUT2D eigenvalue weighted by molar-refractivity contribution is 5.66. The van der Waals surface area contributed by atoms with Gasteiger partial charge >= 0.3 is 0 Å². The van der Waals surface area contributed by atoms with Gasteiger partial charge in [0.15, 0.2) is 0 Å². The Kier molecular flexibility index (Phi) is 4.45. The summed E-state index contributed by atoms with van der Waals surface area (Å²) < 4.78 is 0. The molecule has 76 valence electrons.